The Kier molecular flexibility index (Phi) is 4.77. The highest BCUT2D eigenvalue weighted by Gasteiger charge is 2.34. The molecule has 0 unspecified atom stereocenters. The van der Waals surface area contributed by atoms with Crippen LogP contribution in [0, 0.1) is 5.82 Å². The smallest absolute Gasteiger partial charge is 0.419 e. The van der Waals surface area contributed by atoms with Gasteiger partial charge in [0, 0.05) is 5.69 Å². The van der Waals surface area contributed by atoms with Crippen LogP contribution in [0.4, 0.5) is 23.2 Å². The van der Waals surface area contributed by atoms with Crippen molar-refractivity contribution in [2.24, 2.45) is 0 Å². The Bertz CT molecular complexity index is 702. The molecule has 1 aromatic carbocycles. The topological polar surface area (TPSA) is 64.1 Å². The molecule has 0 radical (unpaired) electrons. The van der Waals surface area contributed by atoms with Crippen LogP contribution in [0.5, 0.6) is 5.88 Å². The molecule has 1 aromatic heterocycles. The molecular formula is C14H11F4N3O2. The second kappa shape index (κ2) is 6.59. The zero-order valence-corrected chi connectivity index (χ0v) is 11.8. The first-order chi connectivity index (χ1) is 10.8. The van der Waals surface area contributed by atoms with E-state index in [0.717, 1.165) is 12.3 Å². The van der Waals surface area contributed by atoms with Crippen LogP contribution in [-0.4, -0.2) is 22.5 Å². The van der Waals surface area contributed by atoms with Crippen LogP contribution in [0.15, 0.2) is 30.6 Å². The summed E-state index contributed by atoms with van der Waals surface area (Å²) in [5.74, 6) is -1.98. The van der Waals surface area contributed by atoms with Gasteiger partial charge in [0.25, 0.3) is 5.91 Å². The van der Waals surface area contributed by atoms with Crippen molar-refractivity contribution in [3.8, 4) is 5.88 Å². The van der Waals surface area contributed by atoms with Gasteiger partial charge in [-0.2, -0.15) is 13.2 Å². The zero-order valence-electron chi connectivity index (χ0n) is 11.8. The summed E-state index contributed by atoms with van der Waals surface area (Å²) in [4.78, 5) is 19.5. The number of anilines is 1. The Hall–Kier alpha value is -2.71. The van der Waals surface area contributed by atoms with Crippen LogP contribution in [0.25, 0.3) is 0 Å². The van der Waals surface area contributed by atoms with Crippen molar-refractivity contribution >= 4 is 11.6 Å². The molecule has 2 rings (SSSR count). The summed E-state index contributed by atoms with van der Waals surface area (Å²) in [5, 5.41) is 2.20. The molecule has 0 saturated heterocycles. The first kappa shape index (κ1) is 16.7. The largest absolute Gasteiger partial charge is 0.477 e. The van der Waals surface area contributed by atoms with Crippen molar-refractivity contribution < 1.29 is 27.1 Å². The Labute approximate surface area is 128 Å². The molecule has 0 atom stereocenters. The number of aromatic nitrogens is 2. The number of amides is 1. The Morgan fingerprint density at radius 1 is 1.26 bits per heavy atom. The summed E-state index contributed by atoms with van der Waals surface area (Å²) in [6.45, 7) is 2.12. The maximum absolute atomic E-state index is 13.2. The number of nitrogens with one attached hydrogen (secondary N) is 1. The van der Waals surface area contributed by atoms with Gasteiger partial charge < -0.3 is 10.1 Å². The van der Waals surface area contributed by atoms with E-state index in [1.807, 2.05) is 0 Å². The standard InChI is InChI=1S/C14H11F4N3O2/c1-2-23-12-7-19-11(6-20-12)13(22)21-8-3-4-10(15)9(5-8)14(16,17)18/h3-7H,2H2,1H3,(H,21,22). The highest BCUT2D eigenvalue weighted by Crippen LogP contribution is 2.33. The fraction of sp³-hybridized carbons (Fsp3) is 0.214. The van der Waals surface area contributed by atoms with E-state index < -0.39 is 23.5 Å². The molecule has 0 aliphatic carbocycles. The van der Waals surface area contributed by atoms with Gasteiger partial charge in [-0.3, -0.25) is 4.79 Å². The molecule has 1 heterocycles. The lowest BCUT2D eigenvalue weighted by atomic mass is 10.1. The normalized spacial score (nSPS) is 11.2. The van der Waals surface area contributed by atoms with E-state index in [1.54, 1.807) is 6.92 Å². The maximum atomic E-state index is 13.2. The molecule has 0 saturated carbocycles. The second-order valence-electron chi connectivity index (χ2n) is 4.32. The zero-order chi connectivity index (χ0) is 17.0. The van der Waals surface area contributed by atoms with E-state index in [4.69, 9.17) is 4.74 Å². The average Bonchev–Trinajstić information content (AvgIpc) is 2.49. The second-order valence-corrected chi connectivity index (χ2v) is 4.32. The quantitative estimate of drug-likeness (QED) is 0.874. The van der Waals surface area contributed by atoms with Crippen molar-refractivity contribution in [2.45, 2.75) is 13.1 Å². The number of carbonyl (C=O) groups excluding carboxylic acids is 1. The highest BCUT2D eigenvalue weighted by molar-refractivity contribution is 6.02. The molecule has 0 aliphatic rings. The van der Waals surface area contributed by atoms with Gasteiger partial charge >= 0.3 is 6.18 Å². The minimum absolute atomic E-state index is 0.119. The average molecular weight is 329 g/mol. The molecule has 2 aromatic rings. The van der Waals surface area contributed by atoms with Crippen LogP contribution >= 0.6 is 0 Å². The fourth-order valence-corrected chi connectivity index (χ4v) is 1.67. The molecule has 0 aliphatic heterocycles. The number of benzene rings is 1. The Morgan fingerprint density at radius 2 is 2.00 bits per heavy atom. The lowest BCUT2D eigenvalue weighted by molar-refractivity contribution is -0.139. The van der Waals surface area contributed by atoms with E-state index in [-0.39, 0.29) is 17.3 Å². The maximum Gasteiger partial charge on any atom is 0.419 e. The number of ether oxygens (including phenoxy) is 1. The van der Waals surface area contributed by atoms with Crippen LogP contribution in [-0.2, 0) is 6.18 Å². The van der Waals surface area contributed by atoms with E-state index in [1.165, 1.54) is 6.20 Å². The molecular weight excluding hydrogens is 318 g/mol. The molecule has 9 heteroatoms. The molecule has 0 fully saturated rings. The third kappa shape index (κ3) is 4.15. The highest BCUT2D eigenvalue weighted by atomic mass is 19.4. The van der Waals surface area contributed by atoms with Gasteiger partial charge in [-0.1, -0.05) is 0 Å². The van der Waals surface area contributed by atoms with Gasteiger partial charge in [-0.05, 0) is 25.1 Å². The van der Waals surface area contributed by atoms with E-state index in [0.29, 0.717) is 18.7 Å². The summed E-state index contributed by atoms with van der Waals surface area (Å²) in [5.41, 5.74) is -1.79. The molecule has 5 nitrogen and oxygen atoms in total. The molecule has 1 amide bonds. The van der Waals surface area contributed by atoms with Crippen LogP contribution < -0.4 is 10.1 Å². The van der Waals surface area contributed by atoms with E-state index in [9.17, 15) is 22.4 Å². The minimum atomic E-state index is -4.86. The summed E-state index contributed by atoms with van der Waals surface area (Å²) in [7, 11) is 0. The first-order valence-corrected chi connectivity index (χ1v) is 6.44. The predicted octanol–water partition coefficient (Wildman–Crippen LogP) is 3.29. The number of alkyl halides is 3. The summed E-state index contributed by atoms with van der Waals surface area (Å²) < 4.78 is 56.1. The lowest BCUT2D eigenvalue weighted by Gasteiger charge is -2.11. The lowest BCUT2D eigenvalue weighted by Crippen LogP contribution is -2.15. The van der Waals surface area contributed by atoms with Crippen LogP contribution in [0.3, 0.4) is 0 Å². The molecule has 23 heavy (non-hydrogen) atoms. The number of nitrogens with zero attached hydrogens (tertiary/aromatic N) is 2. The number of carbonyl (C=O) groups is 1. The van der Waals surface area contributed by atoms with Crippen molar-refractivity contribution in [2.75, 3.05) is 11.9 Å². The summed E-state index contributed by atoms with van der Waals surface area (Å²) >= 11 is 0. The van der Waals surface area contributed by atoms with Gasteiger partial charge in [0.05, 0.1) is 24.6 Å². The van der Waals surface area contributed by atoms with Gasteiger partial charge in [-0.25, -0.2) is 14.4 Å². The van der Waals surface area contributed by atoms with Gasteiger partial charge in [0.1, 0.15) is 11.5 Å². The summed E-state index contributed by atoms with van der Waals surface area (Å²) in [6.07, 6.45) is -2.53. The number of hydrogen-bond acceptors (Lipinski definition) is 4. The molecule has 122 valence electrons. The molecule has 1 N–H and O–H groups in total. The van der Waals surface area contributed by atoms with Gasteiger partial charge in [-0.15, -0.1) is 0 Å². The van der Waals surface area contributed by atoms with Gasteiger partial charge in [0.15, 0.2) is 0 Å². The SMILES string of the molecule is CCOc1cnc(C(=O)Nc2ccc(F)c(C(F)(F)F)c2)cn1. The summed E-state index contributed by atoms with van der Waals surface area (Å²) in [6, 6.07) is 2.15. The predicted molar refractivity (Wildman–Crippen MR) is 72.6 cm³/mol. The van der Waals surface area contributed by atoms with E-state index >= 15 is 0 Å². The molecule has 0 bridgehead atoms. The Morgan fingerprint density at radius 3 is 2.57 bits per heavy atom. The monoisotopic (exact) mass is 329 g/mol. The third-order valence-corrected chi connectivity index (χ3v) is 2.68. The van der Waals surface area contributed by atoms with E-state index in [2.05, 4.69) is 15.3 Å². The van der Waals surface area contributed by atoms with Crippen molar-refractivity contribution in [3.05, 3.63) is 47.7 Å². The van der Waals surface area contributed by atoms with Crippen molar-refractivity contribution in [3.63, 3.8) is 0 Å². The third-order valence-electron chi connectivity index (χ3n) is 2.68. The number of rotatable bonds is 4. The fourth-order valence-electron chi connectivity index (χ4n) is 1.67. The van der Waals surface area contributed by atoms with Gasteiger partial charge in [0.2, 0.25) is 5.88 Å². The van der Waals surface area contributed by atoms with Crippen molar-refractivity contribution in [1.82, 2.24) is 9.97 Å². The van der Waals surface area contributed by atoms with Crippen LogP contribution in [0.1, 0.15) is 23.0 Å². The number of halogens is 4. The van der Waals surface area contributed by atoms with Crippen molar-refractivity contribution in [1.29, 1.82) is 0 Å². The first-order valence-electron chi connectivity index (χ1n) is 6.44. The minimum Gasteiger partial charge on any atom is -0.477 e. The number of hydrogen-bond donors (Lipinski definition) is 1. The van der Waals surface area contributed by atoms with Crippen LogP contribution in [0.2, 0.25) is 0 Å². The molecule has 0 spiro atoms. The Balaban J connectivity index is 2.17.